The SMILES string of the molecule is C1CC2CC2C1.CCc1sc(N)nc1-c1ccc(OC)cc1OC. The van der Waals surface area contributed by atoms with E-state index in [1.54, 1.807) is 33.5 Å². The van der Waals surface area contributed by atoms with Gasteiger partial charge in [0.1, 0.15) is 11.5 Å². The first kappa shape index (κ1) is 17.1. The van der Waals surface area contributed by atoms with E-state index >= 15 is 0 Å². The summed E-state index contributed by atoms with van der Waals surface area (Å²) >= 11 is 1.52. The van der Waals surface area contributed by atoms with Gasteiger partial charge in [-0.3, -0.25) is 0 Å². The predicted molar refractivity (Wildman–Crippen MR) is 99.9 cm³/mol. The van der Waals surface area contributed by atoms with Crippen LogP contribution in [0.2, 0.25) is 0 Å². The third kappa shape index (κ3) is 3.66. The fourth-order valence-electron chi connectivity index (χ4n) is 3.47. The number of methoxy groups -OCH3 is 2. The van der Waals surface area contributed by atoms with E-state index in [2.05, 4.69) is 11.9 Å². The molecule has 24 heavy (non-hydrogen) atoms. The lowest BCUT2D eigenvalue weighted by Crippen LogP contribution is -1.92. The van der Waals surface area contributed by atoms with Crippen molar-refractivity contribution in [3.63, 3.8) is 0 Å². The van der Waals surface area contributed by atoms with Crippen LogP contribution < -0.4 is 15.2 Å². The summed E-state index contributed by atoms with van der Waals surface area (Å²) in [6, 6.07) is 5.70. The van der Waals surface area contributed by atoms with Gasteiger partial charge in [-0.25, -0.2) is 4.98 Å². The van der Waals surface area contributed by atoms with Gasteiger partial charge in [-0.1, -0.05) is 26.2 Å². The lowest BCUT2D eigenvalue weighted by atomic mass is 10.1. The highest BCUT2D eigenvalue weighted by molar-refractivity contribution is 7.15. The average molecular weight is 346 g/mol. The molecule has 2 aromatic rings. The zero-order valence-corrected chi connectivity index (χ0v) is 15.5. The van der Waals surface area contributed by atoms with Crippen molar-refractivity contribution in [2.45, 2.75) is 39.0 Å². The number of benzene rings is 1. The van der Waals surface area contributed by atoms with E-state index in [4.69, 9.17) is 15.2 Å². The van der Waals surface area contributed by atoms with Crippen LogP contribution in [0.4, 0.5) is 5.13 Å². The Labute approximate surface area is 148 Å². The predicted octanol–water partition coefficient (Wildman–Crippen LogP) is 4.78. The van der Waals surface area contributed by atoms with Gasteiger partial charge in [0.25, 0.3) is 0 Å². The molecule has 4 nitrogen and oxygen atoms in total. The van der Waals surface area contributed by atoms with Crippen molar-refractivity contribution in [2.75, 3.05) is 20.0 Å². The molecule has 2 atom stereocenters. The van der Waals surface area contributed by atoms with Gasteiger partial charge < -0.3 is 15.2 Å². The third-order valence-electron chi connectivity index (χ3n) is 4.92. The molecule has 130 valence electrons. The summed E-state index contributed by atoms with van der Waals surface area (Å²) in [6.07, 6.45) is 7.14. The summed E-state index contributed by atoms with van der Waals surface area (Å²) in [5.41, 5.74) is 7.63. The summed E-state index contributed by atoms with van der Waals surface area (Å²) in [7, 11) is 3.27. The largest absolute Gasteiger partial charge is 0.497 e. The first-order chi connectivity index (χ1) is 11.7. The molecular weight excluding hydrogens is 320 g/mol. The molecule has 2 unspecified atom stereocenters. The second-order valence-electron chi connectivity index (χ2n) is 6.43. The maximum Gasteiger partial charge on any atom is 0.180 e. The Morgan fingerprint density at radius 3 is 2.46 bits per heavy atom. The molecule has 0 spiro atoms. The lowest BCUT2D eigenvalue weighted by molar-refractivity contribution is 0.395. The smallest absolute Gasteiger partial charge is 0.180 e. The minimum Gasteiger partial charge on any atom is -0.497 e. The van der Waals surface area contributed by atoms with Crippen molar-refractivity contribution in [2.24, 2.45) is 11.8 Å². The molecule has 1 heterocycles. The Balaban J connectivity index is 0.000000231. The number of hydrogen-bond donors (Lipinski definition) is 1. The Bertz CT molecular complexity index is 691. The Morgan fingerprint density at radius 1 is 1.21 bits per heavy atom. The topological polar surface area (TPSA) is 57.4 Å². The lowest BCUT2D eigenvalue weighted by Gasteiger charge is -2.09. The first-order valence-electron chi connectivity index (χ1n) is 8.63. The van der Waals surface area contributed by atoms with Crippen molar-refractivity contribution in [1.82, 2.24) is 4.98 Å². The van der Waals surface area contributed by atoms with Crippen LogP contribution >= 0.6 is 11.3 Å². The fraction of sp³-hybridized carbons (Fsp3) is 0.526. The fourth-order valence-corrected chi connectivity index (χ4v) is 4.26. The highest BCUT2D eigenvalue weighted by Gasteiger charge is 2.40. The van der Waals surface area contributed by atoms with Crippen LogP contribution in [-0.4, -0.2) is 19.2 Å². The molecule has 0 bridgehead atoms. The maximum absolute atomic E-state index is 5.78. The third-order valence-corrected chi connectivity index (χ3v) is 5.95. The van der Waals surface area contributed by atoms with Gasteiger partial charge in [-0.05, 0) is 36.8 Å². The van der Waals surface area contributed by atoms with Crippen LogP contribution in [-0.2, 0) is 6.42 Å². The molecule has 2 fully saturated rings. The van der Waals surface area contributed by atoms with Crippen molar-refractivity contribution in [3.05, 3.63) is 23.1 Å². The molecular formula is C19H26N2O2S. The van der Waals surface area contributed by atoms with E-state index in [0.29, 0.717) is 5.13 Å². The molecule has 2 saturated carbocycles. The zero-order chi connectivity index (χ0) is 17.1. The summed E-state index contributed by atoms with van der Waals surface area (Å²) in [5, 5.41) is 0.583. The van der Waals surface area contributed by atoms with Crippen LogP contribution in [0, 0.1) is 11.8 Å². The molecule has 1 aromatic heterocycles. The number of hydrogen-bond acceptors (Lipinski definition) is 5. The summed E-state index contributed by atoms with van der Waals surface area (Å²) < 4.78 is 10.6. The quantitative estimate of drug-likeness (QED) is 0.865. The van der Waals surface area contributed by atoms with E-state index in [1.807, 2.05) is 18.2 Å². The molecule has 0 saturated heterocycles. The van der Waals surface area contributed by atoms with Gasteiger partial charge in [0, 0.05) is 16.5 Å². The molecule has 0 aliphatic heterocycles. The minimum atomic E-state index is 0.583. The van der Waals surface area contributed by atoms with Gasteiger partial charge >= 0.3 is 0 Å². The molecule has 1 aromatic carbocycles. The van der Waals surface area contributed by atoms with Gasteiger partial charge in [-0.2, -0.15) is 0 Å². The van der Waals surface area contributed by atoms with Crippen LogP contribution in [0.25, 0.3) is 11.3 Å². The van der Waals surface area contributed by atoms with Gasteiger partial charge in [0.05, 0.1) is 19.9 Å². The standard InChI is InChI=1S/C13H16N2O2S.C6H10/c1-4-11-12(15-13(14)18-11)9-6-5-8(16-2)7-10(9)17-3;1-2-5-4-6(5)3-1/h5-7H,4H2,1-3H3,(H2,14,15);5-6H,1-4H2. The molecule has 2 aliphatic carbocycles. The number of nitrogens with zero attached hydrogens (tertiary/aromatic N) is 1. The number of ether oxygens (including phenoxy) is 2. The second-order valence-corrected chi connectivity index (χ2v) is 7.55. The number of thiazole rings is 1. The van der Waals surface area contributed by atoms with E-state index in [1.165, 1.54) is 29.6 Å². The van der Waals surface area contributed by atoms with Gasteiger partial charge in [0.2, 0.25) is 0 Å². The Kier molecular flexibility index (Phi) is 5.29. The first-order valence-corrected chi connectivity index (χ1v) is 9.45. The summed E-state index contributed by atoms with van der Waals surface area (Å²) in [6.45, 7) is 2.09. The highest BCUT2D eigenvalue weighted by atomic mass is 32.1. The molecule has 0 amide bonds. The van der Waals surface area contributed by atoms with Crippen molar-refractivity contribution < 1.29 is 9.47 Å². The normalized spacial score (nSPS) is 20.8. The number of nitrogen functional groups attached to an aromatic ring is 1. The maximum atomic E-state index is 5.78. The van der Waals surface area contributed by atoms with Crippen molar-refractivity contribution >= 4 is 16.5 Å². The molecule has 4 rings (SSSR count). The van der Waals surface area contributed by atoms with E-state index < -0.39 is 0 Å². The number of rotatable bonds is 4. The molecule has 5 heteroatoms. The second kappa shape index (κ2) is 7.43. The number of nitrogens with two attached hydrogens (primary N) is 1. The monoisotopic (exact) mass is 346 g/mol. The van der Waals surface area contributed by atoms with Crippen LogP contribution in [0.3, 0.4) is 0 Å². The van der Waals surface area contributed by atoms with E-state index in [0.717, 1.165) is 34.1 Å². The van der Waals surface area contributed by atoms with Crippen LogP contribution in [0.5, 0.6) is 11.5 Å². The zero-order valence-electron chi connectivity index (χ0n) is 14.7. The molecule has 0 radical (unpaired) electrons. The van der Waals surface area contributed by atoms with E-state index in [9.17, 15) is 0 Å². The van der Waals surface area contributed by atoms with Crippen LogP contribution in [0.15, 0.2) is 18.2 Å². The molecule has 2 N–H and O–H groups in total. The number of anilines is 1. The van der Waals surface area contributed by atoms with Gasteiger partial charge in [-0.15, -0.1) is 11.3 Å². The highest BCUT2D eigenvalue weighted by Crippen LogP contribution is 2.51. The molecule has 2 aliphatic rings. The number of aromatic nitrogens is 1. The van der Waals surface area contributed by atoms with Crippen LogP contribution in [0.1, 0.15) is 37.5 Å². The average Bonchev–Trinajstić information content (AvgIpc) is 3.03. The van der Waals surface area contributed by atoms with Gasteiger partial charge in [0.15, 0.2) is 5.13 Å². The summed E-state index contributed by atoms with van der Waals surface area (Å²) in [5.74, 6) is 3.93. The number of aryl methyl sites for hydroxylation is 1. The Morgan fingerprint density at radius 2 is 1.96 bits per heavy atom. The van der Waals surface area contributed by atoms with E-state index in [-0.39, 0.29) is 0 Å². The summed E-state index contributed by atoms with van der Waals surface area (Å²) in [4.78, 5) is 5.55. The Hall–Kier alpha value is -1.75. The minimum absolute atomic E-state index is 0.583. The van der Waals surface area contributed by atoms with Crippen molar-refractivity contribution in [3.8, 4) is 22.8 Å². The number of fused-ring (bicyclic) bond motifs is 1. The van der Waals surface area contributed by atoms with Crippen molar-refractivity contribution in [1.29, 1.82) is 0 Å².